The molecule has 0 bridgehead atoms. The van der Waals surface area contributed by atoms with Crippen LogP contribution >= 0.6 is 0 Å². The third kappa shape index (κ3) is 3.20. The van der Waals surface area contributed by atoms with E-state index in [2.05, 4.69) is 0 Å². The van der Waals surface area contributed by atoms with Gasteiger partial charge in [0.2, 0.25) is 0 Å². The van der Waals surface area contributed by atoms with Crippen molar-refractivity contribution in [2.45, 2.75) is 0 Å². The molecule has 126 valence electrons. The van der Waals surface area contributed by atoms with Gasteiger partial charge in [-0.25, -0.2) is 14.4 Å². The molecule has 3 aromatic rings. The van der Waals surface area contributed by atoms with Crippen molar-refractivity contribution in [2.75, 3.05) is 7.11 Å². The molecule has 1 aromatic heterocycles. The Morgan fingerprint density at radius 2 is 1.80 bits per heavy atom. The number of carboxylic acid groups (broad SMARTS) is 1. The molecule has 0 aliphatic heterocycles. The Kier molecular flexibility index (Phi) is 4.21. The van der Waals surface area contributed by atoms with Crippen molar-refractivity contribution in [3.05, 3.63) is 70.1 Å². The van der Waals surface area contributed by atoms with Gasteiger partial charge in [0.05, 0.1) is 12.7 Å². The maximum atomic E-state index is 12.2. The number of methoxy groups -OCH3 is 1. The summed E-state index contributed by atoms with van der Waals surface area (Å²) >= 11 is 0. The topological polar surface area (TPSA) is 103 Å². The van der Waals surface area contributed by atoms with E-state index in [0.717, 1.165) is 0 Å². The van der Waals surface area contributed by atoms with Gasteiger partial charge in [-0.15, -0.1) is 0 Å². The molecule has 7 nitrogen and oxygen atoms in total. The molecule has 0 fully saturated rings. The number of hydrogen-bond acceptors (Lipinski definition) is 6. The molecule has 0 aliphatic rings. The highest BCUT2D eigenvalue weighted by Crippen LogP contribution is 2.26. The third-order valence-corrected chi connectivity index (χ3v) is 3.48. The third-order valence-electron chi connectivity index (χ3n) is 3.48. The van der Waals surface area contributed by atoms with Crippen LogP contribution in [0, 0.1) is 0 Å². The molecule has 7 heteroatoms. The van der Waals surface area contributed by atoms with Gasteiger partial charge in [-0.3, -0.25) is 0 Å². The molecular formula is C18H12O7. The minimum atomic E-state index is -1.39. The molecule has 0 radical (unpaired) electrons. The predicted molar refractivity (Wildman–Crippen MR) is 87.4 cm³/mol. The van der Waals surface area contributed by atoms with Gasteiger partial charge in [0.15, 0.2) is 11.3 Å². The van der Waals surface area contributed by atoms with Crippen molar-refractivity contribution in [2.24, 2.45) is 0 Å². The second-order valence-corrected chi connectivity index (χ2v) is 5.05. The lowest BCUT2D eigenvalue weighted by atomic mass is 10.1. The summed E-state index contributed by atoms with van der Waals surface area (Å²) < 4.78 is 15.3. The fourth-order valence-electron chi connectivity index (χ4n) is 2.23. The maximum Gasteiger partial charge on any atom is 0.351 e. The molecule has 0 aliphatic carbocycles. The average molecular weight is 340 g/mol. The van der Waals surface area contributed by atoms with E-state index in [0.29, 0.717) is 11.1 Å². The average Bonchev–Trinajstić information content (AvgIpc) is 2.61. The summed E-state index contributed by atoms with van der Waals surface area (Å²) in [5, 5.41) is 9.31. The minimum absolute atomic E-state index is 0.000591. The summed E-state index contributed by atoms with van der Waals surface area (Å²) in [6.07, 6.45) is 0. The summed E-state index contributed by atoms with van der Waals surface area (Å²) in [6, 6.07) is 12.0. The van der Waals surface area contributed by atoms with Gasteiger partial charge in [0.1, 0.15) is 11.3 Å². The Hall–Kier alpha value is -3.61. The van der Waals surface area contributed by atoms with Crippen LogP contribution in [0.25, 0.3) is 11.0 Å². The van der Waals surface area contributed by atoms with E-state index in [4.69, 9.17) is 19.0 Å². The lowest BCUT2D eigenvalue weighted by molar-refractivity contribution is 0.0688. The van der Waals surface area contributed by atoms with Crippen molar-refractivity contribution in [3.8, 4) is 11.5 Å². The fourth-order valence-corrected chi connectivity index (χ4v) is 2.23. The summed E-state index contributed by atoms with van der Waals surface area (Å²) in [6.45, 7) is 0. The first-order valence-corrected chi connectivity index (χ1v) is 7.16. The number of hydrogen-bond donors (Lipinski definition) is 1. The lowest BCUT2D eigenvalue weighted by Crippen LogP contribution is -2.14. The molecule has 25 heavy (non-hydrogen) atoms. The smallest absolute Gasteiger partial charge is 0.351 e. The van der Waals surface area contributed by atoms with Gasteiger partial charge in [-0.1, -0.05) is 12.1 Å². The quantitative estimate of drug-likeness (QED) is 0.442. The van der Waals surface area contributed by atoms with Gasteiger partial charge >= 0.3 is 17.6 Å². The van der Waals surface area contributed by atoms with E-state index in [1.54, 1.807) is 24.3 Å². The molecule has 1 N–H and O–H groups in total. The van der Waals surface area contributed by atoms with E-state index >= 15 is 0 Å². The molecule has 0 saturated heterocycles. The monoisotopic (exact) mass is 340 g/mol. The Balaban J connectivity index is 1.98. The largest absolute Gasteiger partial charge is 0.497 e. The Morgan fingerprint density at radius 1 is 1.08 bits per heavy atom. The number of carboxylic acids is 1. The van der Waals surface area contributed by atoms with Crippen LogP contribution in [0.5, 0.6) is 11.5 Å². The van der Waals surface area contributed by atoms with Crippen molar-refractivity contribution in [1.82, 2.24) is 0 Å². The van der Waals surface area contributed by atoms with E-state index < -0.39 is 23.1 Å². The van der Waals surface area contributed by atoms with Crippen LogP contribution in [0.1, 0.15) is 20.7 Å². The first-order valence-electron chi connectivity index (χ1n) is 7.16. The van der Waals surface area contributed by atoms with Crippen molar-refractivity contribution in [3.63, 3.8) is 0 Å². The fraction of sp³-hybridized carbons (Fsp3) is 0.0556. The van der Waals surface area contributed by atoms with E-state index in [9.17, 15) is 14.4 Å². The summed E-state index contributed by atoms with van der Waals surface area (Å²) in [7, 11) is 1.51. The lowest BCUT2D eigenvalue weighted by Gasteiger charge is -2.07. The molecule has 0 atom stereocenters. The molecule has 3 rings (SSSR count). The highest BCUT2D eigenvalue weighted by atomic mass is 16.5. The zero-order valence-corrected chi connectivity index (χ0v) is 13.0. The molecule has 0 unspecified atom stereocenters. The number of carbonyl (C=O) groups is 2. The van der Waals surface area contributed by atoms with Crippen LogP contribution in [0.4, 0.5) is 0 Å². The normalized spacial score (nSPS) is 10.4. The molecule has 2 aromatic carbocycles. The molecule has 0 amide bonds. The number of aromatic carboxylic acids is 1. The highest BCUT2D eigenvalue weighted by Gasteiger charge is 2.17. The van der Waals surface area contributed by atoms with Crippen molar-refractivity contribution in [1.29, 1.82) is 0 Å². The maximum absolute atomic E-state index is 12.2. The van der Waals surface area contributed by atoms with E-state index in [-0.39, 0.29) is 16.9 Å². The first-order chi connectivity index (χ1) is 12.0. The van der Waals surface area contributed by atoms with Crippen LogP contribution < -0.4 is 15.1 Å². The van der Waals surface area contributed by atoms with Crippen molar-refractivity contribution < 1.29 is 28.6 Å². The molecule has 1 heterocycles. The second kappa shape index (κ2) is 6.48. The number of ether oxygens (including phenoxy) is 2. The van der Waals surface area contributed by atoms with Gasteiger partial charge in [-0.2, -0.15) is 0 Å². The Labute approximate surface area is 141 Å². The zero-order valence-electron chi connectivity index (χ0n) is 13.0. The SMILES string of the molecule is COc1ccc(C(=O)Oc2cccc3cc(C(=O)O)c(=O)oc23)cc1. The molecular weight excluding hydrogens is 328 g/mol. The van der Waals surface area contributed by atoms with Crippen LogP contribution in [-0.2, 0) is 0 Å². The zero-order chi connectivity index (χ0) is 18.0. The van der Waals surface area contributed by atoms with Gasteiger partial charge < -0.3 is 19.0 Å². The minimum Gasteiger partial charge on any atom is -0.497 e. The number of benzene rings is 2. The van der Waals surface area contributed by atoms with Gasteiger partial charge in [0.25, 0.3) is 0 Å². The van der Waals surface area contributed by atoms with Crippen LogP contribution in [0.15, 0.2) is 57.7 Å². The number of rotatable bonds is 4. The summed E-state index contributed by atoms with van der Waals surface area (Å²) in [5.74, 6) is -1.43. The molecule has 0 saturated carbocycles. The summed E-state index contributed by atoms with van der Waals surface area (Å²) in [5.41, 5.74) is -1.24. The van der Waals surface area contributed by atoms with E-state index in [1.807, 2.05) is 0 Å². The van der Waals surface area contributed by atoms with Gasteiger partial charge in [-0.05, 0) is 36.4 Å². The molecule has 0 spiro atoms. The predicted octanol–water partition coefficient (Wildman–Crippen LogP) is 2.72. The van der Waals surface area contributed by atoms with E-state index in [1.165, 1.54) is 31.4 Å². The van der Waals surface area contributed by atoms with Crippen LogP contribution in [-0.4, -0.2) is 24.2 Å². The van der Waals surface area contributed by atoms with Crippen LogP contribution in [0.3, 0.4) is 0 Å². The van der Waals surface area contributed by atoms with Gasteiger partial charge in [0, 0.05) is 5.39 Å². The highest BCUT2D eigenvalue weighted by molar-refractivity contribution is 5.96. The standard InChI is InChI=1S/C18H12O7/c1-23-12-7-5-10(6-8-12)17(21)24-14-4-2-3-11-9-13(16(19)20)18(22)25-15(11)14/h2-9H,1H3,(H,19,20). The first kappa shape index (κ1) is 16.3. The number of carbonyl (C=O) groups excluding carboxylic acids is 1. The number of para-hydroxylation sites is 1. The Morgan fingerprint density at radius 3 is 2.44 bits per heavy atom. The number of fused-ring (bicyclic) bond motifs is 1. The summed E-state index contributed by atoms with van der Waals surface area (Å²) in [4.78, 5) is 35.0. The van der Waals surface area contributed by atoms with Crippen molar-refractivity contribution >= 4 is 22.9 Å². The van der Waals surface area contributed by atoms with Crippen LogP contribution in [0.2, 0.25) is 0 Å². The second-order valence-electron chi connectivity index (χ2n) is 5.05. The number of esters is 1. The Bertz CT molecular complexity index is 1020.